The van der Waals surface area contributed by atoms with Crippen LogP contribution in [0.4, 0.5) is 0 Å². The van der Waals surface area contributed by atoms with Gasteiger partial charge in [-0.15, -0.1) is 10.2 Å². The predicted octanol–water partition coefficient (Wildman–Crippen LogP) is 3.89. The quantitative estimate of drug-likeness (QED) is 0.626. The standard InChI is InChI=1S/C19H19ClN4OS/c1-2-17-22-23-19(24(17)16-6-4-3-5-7-16)26-13-18(25)21-12-14-8-10-15(20)11-9-14/h3-11H,2,12-13H2,1H3,(H,21,25). The Balaban J connectivity index is 1.62. The van der Waals surface area contributed by atoms with E-state index in [1.807, 2.05) is 66.1 Å². The summed E-state index contributed by atoms with van der Waals surface area (Å²) < 4.78 is 2.00. The second-order valence-corrected chi connectivity index (χ2v) is 6.99. The van der Waals surface area contributed by atoms with Crippen molar-refractivity contribution in [3.63, 3.8) is 0 Å². The summed E-state index contributed by atoms with van der Waals surface area (Å²) in [4.78, 5) is 12.2. The van der Waals surface area contributed by atoms with E-state index in [0.717, 1.165) is 28.7 Å². The van der Waals surface area contributed by atoms with Gasteiger partial charge in [-0.3, -0.25) is 9.36 Å². The molecule has 26 heavy (non-hydrogen) atoms. The van der Waals surface area contributed by atoms with Gasteiger partial charge in [0.25, 0.3) is 0 Å². The number of thioether (sulfide) groups is 1. The number of carbonyl (C=O) groups is 1. The Kier molecular flexibility index (Phi) is 6.30. The molecule has 1 amide bonds. The first-order valence-electron chi connectivity index (χ1n) is 8.31. The summed E-state index contributed by atoms with van der Waals surface area (Å²) in [5, 5.41) is 12.8. The molecule has 0 atom stereocenters. The average Bonchev–Trinajstić information content (AvgIpc) is 3.09. The molecule has 0 saturated carbocycles. The van der Waals surface area contributed by atoms with Gasteiger partial charge in [0.15, 0.2) is 5.16 Å². The van der Waals surface area contributed by atoms with Gasteiger partial charge in [0, 0.05) is 23.7 Å². The lowest BCUT2D eigenvalue weighted by atomic mass is 10.2. The van der Waals surface area contributed by atoms with Crippen LogP contribution in [-0.2, 0) is 17.8 Å². The van der Waals surface area contributed by atoms with Crippen LogP contribution in [0.3, 0.4) is 0 Å². The molecular weight excluding hydrogens is 368 g/mol. The number of aromatic nitrogens is 3. The van der Waals surface area contributed by atoms with E-state index in [-0.39, 0.29) is 11.7 Å². The smallest absolute Gasteiger partial charge is 0.230 e. The third kappa shape index (κ3) is 4.65. The highest BCUT2D eigenvalue weighted by atomic mass is 35.5. The molecule has 0 radical (unpaired) electrons. The molecule has 3 aromatic rings. The van der Waals surface area contributed by atoms with Crippen molar-refractivity contribution >= 4 is 29.3 Å². The number of hydrogen-bond donors (Lipinski definition) is 1. The molecule has 0 aliphatic rings. The molecule has 0 spiro atoms. The SMILES string of the molecule is CCc1nnc(SCC(=O)NCc2ccc(Cl)cc2)n1-c1ccccc1. The van der Waals surface area contributed by atoms with Gasteiger partial charge in [-0.1, -0.05) is 60.6 Å². The minimum Gasteiger partial charge on any atom is -0.351 e. The zero-order chi connectivity index (χ0) is 18.4. The molecule has 0 aliphatic heterocycles. The van der Waals surface area contributed by atoms with Crippen LogP contribution in [0.5, 0.6) is 0 Å². The van der Waals surface area contributed by atoms with Gasteiger partial charge in [-0.2, -0.15) is 0 Å². The monoisotopic (exact) mass is 386 g/mol. The van der Waals surface area contributed by atoms with Crippen molar-refractivity contribution < 1.29 is 4.79 Å². The minimum atomic E-state index is -0.0504. The third-order valence-corrected chi connectivity index (χ3v) is 4.95. The van der Waals surface area contributed by atoms with E-state index < -0.39 is 0 Å². The lowest BCUT2D eigenvalue weighted by molar-refractivity contribution is -0.118. The van der Waals surface area contributed by atoms with Crippen molar-refractivity contribution in [2.45, 2.75) is 25.0 Å². The number of carbonyl (C=O) groups excluding carboxylic acids is 1. The summed E-state index contributed by atoms with van der Waals surface area (Å²) in [6.07, 6.45) is 0.769. The summed E-state index contributed by atoms with van der Waals surface area (Å²) in [5.41, 5.74) is 2.01. The molecule has 0 unspecified atom stereocenters. The largest absolute Gasteiger partial charge is 0.351 e. The number of nitrogens with zero attached hydrogens (tertiary/aromatic N) is 3. The summed E-state index contributed by atoms with van der Waals surface area (Å²) in [6, 6.07) is 17.4. The van der Waals surface area contributed by atoms with Crippen molar-refractivity contribution in [3.05, 3.63) is 71.0 Å². The summed E-state index contributed by atoms with van der Waals surface area (Å²) in [7, 11) is 0. The van der Waals surface area contributed by atoms with Gasteiger partial charge in [0.2, 0.25) is 5.91 Å². The van der Waals surface area contributed by atoms with Crippen LogP contribution in [0.25, 0.3) is 5.69 Å². The highest BCUT2D eigenvalue weighted by Crippen LogP contribution is 2.22. The van der Waals surface area contributed by atoms with Crippen LogP contribution < -0.4 is 5.32 Å². The minimum absolute atomic E-state index is 0.0504. The molecular formula is C19H19ClN4OS. The van der Waals surface area contributed by atoms with Gasteiger partial charge < -0.3 is 5.32 Å². The number of halogens is 1. The van der Waals surface area contributed by atoms with Crippen molar-refractivity contribution in [2.24, 2.45) is 0 Å². The number of para-hydroxylation sites is 1. The normalized spacial score (nSPS) is 10.7. The van der Waals surface area contributed by atoms with Crippen LogP contribution in [0.1, 0.15) is 18.3 Å². The first-order valence-corrected chi connectivity index (χ1v) is 9.67. The van der Waals surface area contributed by atoms with Gasteiger partial charge in [0.05, 0.1) is 5.75 Å². The van der Waals surface area contributed by atoms with E-state index in [1.54, 1.807) is 0 Å². The van der Waals surface area contributed by atoms with Gasteiger partial charge in [-0.05, 0) is 29.8 Å². The third-order valence-electron chi connectivity index (χ3n) is 3.77. The lowest BCUT2D eigenvalue weighted by Crippen LogP contribution is -2.24. The second kappa shape index (κ2) is 8.87. The van der Waals surface area contributed by atoms with Crippen LogP contribution >= 0.6 is 23.4 Å². The maximum atomic E-state index is 12.2. The number of aryl methyl sites for hydroxylation is 1. The lowest BCUT2D eigenvalue weighted by Gasteiger charge is -2.09. The highest BCUT2D eigenvalue weighted by molar-refractivity contribution is 7.99. The zero-order valence-corrected chi connectivity index (χ0v) is 15.9. The Morgan fingerprint density at radius 1 is 1.12 bits per heavy atom. The maximum Gasteiger partial charge on any atom is 0.230 e. The maximum absolute atomic E-state index is 12.2. The first-order chi connectivity index (χ1) is 12.7. The number of amides is 1. The molecule has 0 bridgehead atoms. The van der Waals surface area contributed by atoms with Crippen LogP contribution in [0, 0.1) is 0 Å². The molecule has 134 valence electrons. The van der Waals surface area contributed by atoms with E-state index in [1.165, 1.54) is 11.8 Å². The fourth-order valence-electron chi connectivity index (χ4n) is 2.44. The Bertz CT molecular complexity index is 865. The molecule has 1 heterocycles. The first kappa shape index (κ1) is 18.5. The van der Waals surface area contributed by atoms with Crippen molar-refractivity contribution in [1.82, 2.24) is 20.1 Å². The molecule has 1 N–H and O–H groups in total. The summed E-state index contributed by atoms with van der Waals surface area (Å²) >= 11 is 7.25. The van der Waals surface area contributed by atoms with Crippen LogP contribution in [0.15, 0.2) is 59.8 Å². The molecule has 5 nitrogen and oxygen atoms in total. The number of benzene rings is 2. The van der Waals surface area contributed by atoms with Crippen LogP contribution in [-0.4, -0.2) is 26.4 Å². The molecule has 2 aromatic carbocycles. The highest BCUT2D eigenvalue weighted by Gasteiger charge is 2.14. The van der Waals surface area contributed by atoms with E-state index in [2.05, 4.69) is 15.5 Å². The van der Waals surface area contributed by atoms with Crippen molar-refractivity contribution in [1.29, 1.82) is 0 Å². The molecule has 7 heteroatoms. The topological polar surface area (TPSA) is 59.8 Å². The van der Waals surface area contributed by atoms with E-state index in [0.29, 0.717) is 11.6 Å². The van der Waals surface area contributed by atoms with E-state index in [9.17, 15) is 4.79 Å². The number of rotatable bonds is 7. The molecule has 0 aliphatic carbocycles. The molecule has 1 aromatic heterocycles. The number of nitrogens with one attached hydrogen (secondary N) is 1. The molecule has 0 saturated heterocycles. The average molecular weight is 387 g/mol. The Morgan fingerprint density at radius 3 is 2.54 bits per heavy atom. The van der Waals surface area contributed by atoms with Crippen molar-refractivity contribution in [2.75, 3.05) is 5.75 Å². The van der Waals surface area contributed by atoms with Crippen LogP contribution in [0.2, 0.25) is 5.02 Å². The van der Waals surface area contributed by atoms with Gasteiger partial charge in [-0.25, -0.2) is 0 Å². The van der Waals surface area contributed by atoms with E-state index in [4.69, 9.17) is 11.6 Å². The number of hydrogen-bond acceptors (Lipinski definition) is 4. The Labute approximate surface area is 161 Å². The predicted molar refractivity (Wildman–Crippen MR) is 105 cm³/mol. The van der Waals surface area contributed by atoms with Gasteiger partial charge >= 0.3 is 0 Å². The fraction of sp³-hybridized carbons (Fsp3) is 0.211. The molecule has 0 fully saturated rings. The zero-order valence-electron chi connectivity index (χ0n) is 14.4. The molecule has 3 rings (SSSR count). The summed E-state index contributed by atoms with van der Waals surface area (Å²) in [6.45, 7) is 2.51. The second-order valence-electron chi connectivity index (χ2n) is 5.62. The van der Waals surface area contributed by atoms with E-state index >= 15 is 0 Å². The van der Waals surface area contributed by atoms with Gasteiger partial charge in [0.1, 0.15) is 5.82 Å². The van der Waals surface area contributed by atoms with Crippen molar-refractivity contribution in [3.8, 4) is 5.69 Å². The Hall–Kier alpha value is -2.31. The summed E-state index contributed by atoms with van der Waals surface area (Å²) in [5.74, 6) is 1.10. The fourth-order valence-corrected chi connectivity index (χ4v) is 3.37. The Morgan fingerprint density at radius 2 is 1.85 bits per heavy atom.